The van der Waals surface area contributed by atoms with Gasteiger partial charge in [0.2, 0.25) is 11.5 Å². The maximum Gasteiger partial charge on any atom is 0.246 e. The first-order valence-electron chi connectivity index (χ1n) is 11.6. The van der Waals surface area contributed by atoms with Crippen LogP contribution in [-0.4, -0.2) is 35.3 Å². The molecule has 6 heteroatoms. The van der Waals surface area contributed by atoms with Crippen LogP contribution in [0.3, 0.4) is 0 Å². The molecule has 1 amide bonds. The molecule has 0 saturated heterocycles. The Morgan fingerprint density at radius 3 is 2.12 bits per heavy atom. The molecule has 0 bridgehead atoms. The third-order valence-electron chi connectivity index (χ3n) is 6.14. The Bertz CT molecular complexity index is 1320. The van der Waals surface area contributed by atoms with Gasteiger partial charge in [0.1, 0.15) is 6.61 Å². The number of ether oxygens (including phenoxy) is 1. The number of imidazole rings is 1. The van der Waals surface area contributed by atoms with Crippen molar-refractivity contribution in [2.24, 2.45) is 0 Å². The van der Waals surface area contributed by atoms with Crippen LogP contribution in [0.2, 0.25) is 0 Å². The van der Waals surface area contributed by atoms with Gasteiger partial charge in [0.25, 0.3) is 0 Å². The monoisotopic (exact) mass is 456 g/mol. The average Bonchev–Trinajstić information content (AvgIpc) is 3.11. The zero-order chi connectivity index (χ0) is 24.1. The van der Waals surface area contributed by atoms with Gasteiger partial charge in [-0.3, -0.25) is 10.2 Å². The summed E-state index contributed by atoms with van der Waals surface area (Å²) in [6.45, 7) is 5.18. The van der Waals surface area contributed by atoms with Crippen LogP contribution in [0.1, 0.15) is 28.3 Å². The fourth-order valence-electron chi connectivity index (χ4n) is 4.32. The van der Waals surface area contributed by atoms with Gasteiger partial charge in [0.05, 0.1) is 23.6 Å². The molecule has 176 valence electrons. The molecular formula is C28H32N4O2. The van der Waals surface area contributed by atoms with Crippen LogP contribution in [0, 0.1) is 19.3 Å². The summed E-state index contributed by atoms with van der Waals surface area (Å²) >= 11 is 0. The predicted molar refractivity (Wildman–Crippen MR) is 135 cm³/mol. The maximum atomic E-state index is 12.2. The molecule has 3 aromatic carbocycles. The van der Waals surface area contributed by atoms with E-state index in [0.717, 1.165) is 16.6 Å². The number of benzene rings is 3. The van der Waals surface area contributed by atoms with Gasteiger partial charge in [-0.2, -0.15) is 0 Å². The Hall–Kier alpha value is -3.64. The molecule has 34 heavy (non-hydrogen) atoms. The molecule has 1 unspecified atom stereocenters. The van der Waals surface area contributed by atoms with Gasteiger partial charge in [0, 0.05) is 13.7 Å². The van der Waals surface area contributed by atoms with Crippen molar-refractivity contribution in [1.29, 1.82) is 5.41 Å². The highest BCUT2D eigenvalue weighted by atomic mass is 16.5. The van der Waals surface area contributed by atoms with Crippen molar-refractivity contribution >= 4 is 16.9 Å². The van der Waals surface area contributed by atoms with Crippen molar-refractivity contribution in [3.05, 3.63) is 101 Å². The summed E-state index contributed by atoms with van der Waals surface area (Å²) < 4.78 is 9.08. The number of aromatic nitrogens is 2. The molecule has 4 rings (SSSR count). The molecular weight excluding hydrogens is 424 g/mol. The van der Waals surface area contributed by atoms with E-state index in [0.29, 0.717) is 25.1 Å². The molecule has 1 atom stereocenters. The number of hydrogen-bond donors (Lipinski definition) is 2. The van der Waals surface area contributed by atoms with Crippen LogP contribution in [0.15, 0.2) is 72.8 Å². The van der Waals surface area contributed by atoms with E-state index in [1.807, 2.05) is 16.7 Å². The van der Waals surface area contributed by atoms with Gasteiger partial charge in [-0.25, -0.2) is 0 Å². The van der Waals surface area contributed by atoms with Crippen LogP contribution >= 0.6 is 0 Å². The van der Waals surface area contributed by atoms with Crippen molar-refractivity contribution in [2.75, 3.05) is 20.3 Å². The summed E-state index contributed by atoms with van der Waals surface area (Å²) in [4.78, 5) is 12.2. The Morgan fingerprint density at radius 2 is 1.50 bits per heavy atom. The van der Waals surface area contributed by atoms with Crippen molar-refractivity contribution in [3.8, 4) is 0 Å². The van der Waals surface area contributed by atoms with Crippen molar-refractivity contribution < 1.29 is 9.53 Å². The van der Waals surface area contributed by atoms with Gasteiger partial charge < -0.3 is 19.2 Å². The number of methoxy groups -OCH3 is 1. The molecule has 0 aliphatic carbocycles. The number of nitrogens with zero attached hydrogens (tertiary/aromatic N) is 2. The number of fused-ring (bicyclic) bond motifs is 1. The molecule has 6 nitrogen and oxygen atoms in total. The maximum absolute atomic E-state index is 12.2. The molecule has 0 aliphatic heterocycles. The number of para-hydroxylation sites is 2. The predicted octanol–water partition coefficient (Wildman–Crippen LogP) is 4.13. The van der Waals surface area contributed by atoms with E-state index in [4.69, 9.17) is 10.1 Å². The minimum absolute atomic E-state index is 0.0187. The third-order valence-corrected chi connectivity index (χ3v) is 6.14. The van der Waals surface area contributed by atoms with Crippen LogP contribution in [-0.2, 0) is 22.5 Å². The fraction of sp³-hybridized carbons (Fsp3) is 0.286. The minimum atomic E-state index is -0.160. The van der Waals surface area contributed by atoms with Crippen LogP contribution in [0.4, 0.5) is 0 Å². The fourth-order valence-corrected chi connectivity index (χ4v) is 4.32. The minimum Gasteiger partial charge on any atom is -0.375 e. The van der Waals surface area contributed by atoms with Crippen LogP contribution < -0.4 is 10.9 Å². The van der Waals surface area contributed by atoms with E-state index >= 15 is 0 Å². The van der Waals surface area contributed by atoms with Crippen molar-refractivity contribution in [2.45, 2.75) is 32.9 Å². The second kappa shape index (κ2) is 10.5. The molecule has 2 N–H and O–H groups in total. The van der Waals surface area contributed by atoms with Gasteiger partial charge >= 0.3 is 0 Å². The van der Waals surface area contributed by atoms with Gasteiger partial charge in [-0.1, -0.05) is 71.8 Å². The van der Waals surface area contributed by atoms with Crippen LogP contribution in [0.25, 0.3) is 11.0 Å². The average molecular weight is 457 g/mol. The summed E-state index contributed by atoms with van der Waals surface area (Å²) in [6.07, 6.45) is 0.697. The SMILES string of the molecule is COCC(=O)NCC(Cc1ccc(C)cc1)n1c(=N)n(Cc2ccc(C)cc2)c2ccccc21. The second-order valence-electron chi connectivity index (χ2n) is 8.83. The summed E-state index contributed by atoms with van der Waals surface area (Å²) in [5, 5.41) is 12.1. The Kier molecular flexibility index (Phi) is 7.28. The number of hydrogen-bond acceptors (Lipinski definition) is 3. The molecule has 0 spiro atoms. The molecule has 4 aromatic rings. The second-order valence-corrected chi connectivity index (χ2v) is 8.83. The first kappa shape index (κ1) is 23.5. The topological polar surface area (TPSA) is 72.0 Å². The zero-order valence-corrected chi connectivity index (χ0v) is 20.0. The number of aryl methyl sites for hydroxylation is 2. The van der Waals surface area contributed by atoms with Gasteiger partial charge in [-0.15, -0.1) is 0 Å². The first-order valence-corrected chi connectivity index (χ1v) is 11.6. The summed E-state index contributed by atoms with van der Waals surface area (Å²) in [5.74, 6) is -0.160. The highest BCUT2D eigenvalue weighted by Crippen LogP contribution is 2.21. The quantitative estimate of drug-likeness (QED) is 0.397. The van der Waals surface area contributed by atoms with E-state index < -0.39 is 0 Å². The highest BCUT2D eigenvalue weighted by molar-refractivity contribution is 5.78. The highest BCUT2D eigenvalue weighted by Gasteiger charge is 2.20. The lowest BCUT2D eigenvalue weighted by atomic mass is 10.0. The molecule has 1 aromatic heterocycles. The molecule has 0 aliphatic rings. The first-order chi connectivity index (χ1) is 16.5. The number of carbonyl (C=O) groups excluding carboxylic acids is 1. The summed E-state index contributed by atoms with van der Waals surface area (Å²) in [5.41, 5.74) is 7.14. The van der Waals surface area contributed by atoms with E-state index in [-0.39, 0.29) is 18.6 Å². The molecule has 1 heterocycles. The van der Waals surface area contributed by atoms with Crippen molar-refractivity contribution in [1.82, 2.24) is 14.5 Å². The third kappa shape index (κ3) is 5.29. The summed E-state index contributed by atoms with van der Waals surface area (Å²) in [7, 11) is 1.51. The van der Waals surface area contributed by atoms with E-state index in [2.05, 4.69) is 84.4 Å². The molecule has 0 saturated carbocycles. The van der Waals surface area contributed by atoms with E-state index in [1.165, 1.54) is 23.8 Å². The number of amides is 1. The normalized spacial score (nSPS) is 12.1. The van der Waals surface area contributed by atoms with E-state index in [1.54, 1.807) is 0 Å². The number of rotatable bonds is 9. The zero-order valence-electron chi connectivity index (χ0n) is 20.0. The lowest BCUT2D eigenvalue weighted by molar-refractivity contribution is -0.124. The van der Waals surface area contributed by atoms with Crippen molar-refractivity contribution in [3.63, 3.8) is 0 Å². The van der Waals surface area contributed by atoms with E-state index in [9.17, 15) is 4.79 Å². The van der Waals surface area contributed by atoms with Gasteiger partial charge in [0.15, 0.2) is 0 Å². The van der Waals surface area contributed by atoms with Crippen LogP contribution in [0.5, 0.6) is 0 Å². The largest absolute Gasteiger partial charge is 0.375 e. The Morgan fingerprint density at radius 1 is 0.912 bits per heavy atom. The smallest absolute Gasteiger partial charge is 0.246 e. The number of nitrogens with one attached hydrogen (secondary N) is 2. The number of carbonyl (C=O) groups is 1. The Labute approximate surface area is 200 Å². The molecule has 0 fully saturated rings. The van der Waals surface area contributed by atoms with Gasteiger partial charge in [-0.05, 0) is 43.5 Å². The lowest BCUT2D eigenvalue weighted by Crippen LogP contribution is -2.38. The molecule has 0 radical (unpaired) electrons. The lowest BCUT2D eigenvalue weighted by Gasteiger charge is -2.21. The standard InChI is InChI=1S/C28H32N4O2/c1-20-8-12-22(13-9-20)16-24(17-30-27(33)19-34-3)32-26-7-5-4-6-25(26)31(28(32)29)18-23-14-10-21(2)11-15-23/h4-15,24,29H,16-19H2,1-3H3,(H,30,33). The Balaban J connectivity index is 1.76. The summed E-state index contributed by atoms with van der Waals surface area (Å²) in [6, 6.07) is 24.9.